The highest BCUT2D eigenvalue weighted by Crippen LogP contribution is 2.30. The number of halogens is 1. The van der Waals surface area contributed by atoms with Gasteiger partial charge in [0.1, 0.15) is 5.75 Å². The van der Waals surface area contributed by atoms with E-state index in [0.29, 0.717) is 18.3 Å². The van der Waals surface area contributed by atoms with Gasteiger partial charge in [0.15, 0.2) is 0 Å². The van der Waals surface area contributed by atoms with Crippen LogP contribution in [-0.2, 0) is 4.79 Å². The quantitative estimate of drug-likeness (QED) is 0.827. The van der Waals surface area contributed by atoms with Gasteiger partial charge in [-0.25, -0.2) is 0 Å². The number of benzene rings is 1. The topological polar surface area (TPSA) is 38.3 Å². The Bertz CT molecular complexity index is 426. The number of carbonyl (C=O) groups is 1. The summed E-state index contributed by atoms with van der Waals surface area (Å²) in [5.41, 5.74) is 0.893. The lowest BCUT2D eigenvalue weighted by Crippen LogP contribution is -2.28. The summed E-state index contributed by atoms with van der Waals surface area (Å²) in [6.45, 7) is 8.70. The lowest BCUT2D eigenvalue weighted by atomic mass is 9.83. The predicted octanol–water partition coefficient (Wildman–Crippen LogP) is 4.08. The van der Waals surface area contributed by atoms with Gasteiger partial charge in [0.25, 0.3) is 0 Å². The predicted molar refractivity (Wildman–Crippen MR) is 83.0 cm³/mol. The second-order valence-electron chi connectivity index (χ2n) is 5.71. The molecule has 0 spiro atoms. The number of amides is 1. The lowest BCUT2D eigenvalue weighted by Gasteiger charge is -2.29. The smallest absolute Gasteiger partial charge is 0.221 e. The molecule has 19 heavy (non-hydrogen) atoms. The van der Waals surface area contributed by atoms with Crippen molar-refractivity contribution in [1.82, 2.24) is 0 Å². The fraction of sp³-hybridized carbons (Fsp3) is 0.533. The van der Waals surface area contributed by atoms with Crippen molar-refractivity contribution in [3.8, 4) is 5.75 Å². The molecule has 1 aromatic carbocycles. The zero-order chi connectivity index (χ0) is 14.5. The number of hydrogen-bond acceptors (Lipinski definition) is 2. The summed E-state index contributed by atoms with van der Waals surface area (Å²) in [5.74, 6) is 1.02. The molecule has 1 N–H and O–H groups in total. The molecule has 106 valence electrons. The van der Waals surface area contributed by atoms with Gasteiger partial charge in [0, 0.05) is 18.2 Å². The third-order valence-electron chi connectivity index (χ3n) is 3.05. The third-order valence-corrected chi connectivity index (χ3v) is 3.83. The van der Waals surface area contributed by atoms with Crippen molar-refractivity contribution in [2.24, 2.45) is 11.3 Å². The fourth-order valence-electron chi connectivity index (χ4n) is 1.60. The molecule has 1 atom stereocenters. The molecular weight excluding hydrogens is 306 g/mol. The highest BCUT2D eigenvalue weighted by Gasteiger charge is 2.24. The zero-order valence-electron chi connectivity index (χ0n) is 12.0. The first kappa shape index (κ1) is 16.0. The molecule has 1 rings (SSSR count). The molecule has 4 heteroatoms. The number of nitrogens with one attached hydrogen (secondary N) is 1. The molecule has 0 heterocycles. The van der Waals surface area contributed by atoms with Crippen molar-refractivity contribution in [1.29, 1.82) is 0 Å². The van der Waals surface area contributed by atoms with Crippen molar-refractivity contribution in [3.05, 3.63) is 24.3 Å². The van der Waals surface area contributed by atoms with Gasteiger partial charge in [0.2, 0.25) is 5.91 Å². The summed E-state index contributed by atoms with van der Waals surface area (Å²) in [6, 6.07) is 7.50. The van der Waals surface area contributed by atoms with Gasteiger partial charge in [-0.3, -0.25) is 4.79 Å². The second kappa shape index (κ2) is 6.94. The van der Waals surface area contributed by atoms with E-state index in [0.717, 1.165) is 11.0 Å². The highest BCUT2D eigenvalue weighted by atomic mass is 79.9. The number of para-hydroxylation sites is 2. The van der Waals surface area contributed by atoms with E-state index < -0.39 is 0 Å². The standard InChI is InChI=1S/C15H22BrNO2/c1-11(18)17-13-7-5-6-8-14(13)19-10-12(9-16)15(2,3)4/h5-8,12H,9-10H2,1-4H3,(H,17,18). The minimum Gasteiger partial charge on any atom is -0.491 e. The summed E-state index contributed by atoms with van der Waals surface area (Å²) in [5, 5.41) is 3.67. The van der Waals surface area contributed by atoms with Crippen molar-refractivity contribution >= 4 is 27.5 Å². The zero-order valence-corrected chi connectivity index (χ0v) is 13.6. The average molecular weight is 328 g/mol. The maximum Gasteiger partial charge on any atom is 0.221 e. The molecule has 0 saturated heterocycles. The van der Waals surface area contributed by atoms with E-state index in [1.807, 2.05) is 24.3 Å². The summed E-state index contributed by atoms with van der Waals surface area (Å²) in [7, 11) is 0. The average Bonchev–Trinajstić information content (AvgIpc) is 2.29. The number of carbonyl (C=O) groups excluding carboxylic acids is 1. The minimum absolute atomic E-state index is 0.0936. The maximum atomic E-state index is 11.1. The van der Waals surface area contributed by atoms with E-state index in [1.165, 1.54) is 6.92 Å². The molecule has 0 saturated carbocycles. The van der Waals surface area contributed by atoms with Crippen LogP contribution >= 0.6 is 15.9 Å². The SMILES string of the molecule is CC(=O)Nc1ccccc1OCC(CBr)C(C)(C)C. The van der Waals surface area contributed by atoms with Gasteiger partial charge in [-0.05, 0) is 17.5 Å². The maximum absolute atomic E-state index is 11.1. The van der Waals surface area contributed by atoms with Gasteiger partial charge in [-0.2, -0.15) is 0 Å². The lowest BCUT2D eigenvalue weighted by molar-refractivity contribution is -0.114. The summed E-state index contributed by atoms with van der Waals surface area (Å²) in [4.78, 5) is 11.1. The van der Waals surface area contributed by atoms with E-state index >= 15 is 0 Å². The number of anilines is 1. The van der Waals surface area contributed by atoms with Gasteiger partial charge >= 0.3 is 0 Å². The minimum atomic E-state index is -0.0936. The van der Waals surface area contributed by atoms with Gasteiger partial charge in [0.05, 0.1) is 12.3 Å². The van der Waals surface area contributed by atoms with Crippen LogP contribution in [0.4, 0.5) is 5.69 Å². The van der Waals surface area contributed by atoms with Crippen LogP contribution in [0.3, 0.4) is 0 Å². The van der Waals surface area contributed by atoms with Crippen LogP contribution in [0.1, 0.15) is 27.7 Å². The first-order valence-corrected chi connectivity index (χ1v) is 7.52. The van der Waals surface area contributed by atoms with Crippen LogP contribution in [0.5, 0.6) is 5.75 Å². The Balaban J connectivity index is 2.74. The molecule has 0 aromatic heterocycles. The largest absolute Gasteiger partial charge is 0.491 e. The Labute approximate surface area is 123 Å². The van der Waals surface area contributed by atoms with Crippen LogP contribution in [-0.4, -0.2) is 17.8 Å². The van der Waals surface area contributed by atoms with Crippen LogP contribution in [0, 0.1) is 11.3 Å². The molecule has 0 radical (unpaired) electrons. The van der Waals surface area contributed by atoms with Crippen molar-refractivity contribution in [2.45, 2.75) is 27.7 Å². The Morgan fingerprint density at radius 1 is 1.37 bits per heavy atom. The van der Waals surface area contributed by atoms with Crippen LogP contribution in [0.15, 0.2) is 24.3 Å². The molecule has 0 bridgehead atoms. The van der Waals surface area contributed by atoms with Crippen molar-refractivity contribution in [3.63, 3.8) is 0 Å². The molecule has 0 aliphatic heterocycles. The third kappa shape index (κ3) is 5.23. The van der Waals surface area contributed by atoms with E-state index in [-0.39, 0.29) is 11.3 Å². The number of ether oxygens (including phenoxy) is 1. The Kier molecular flexibility index (Phi) is 5.85. The Morgan fingerprint density at radius 2 is 2.00 bits per heavy atom. The first-order chi connectivity index (χ1) is 8.84. The van der Waals surface area contributed by atoms with E-state index in [4.69, 9.17) is 4.74 Å². The van der Waals surface area contributed by atoms with E-state index in [1.54, 1.807) is 0 Å². The highest BCUT2D eigenvalue weighted by molar-refractivity contribution is 9.09. The molecule has 1 amide bonds. The van der Waals surface area contributed by atoms with E-state index in [9.17, 15) is 4.79 Å². The van der Waals surface area contributed by atoms with Crippen molar-refractivity contribution < 1.29 is 9.53 Å². The van der Waals surface area contributed by atoms with E-state index in [2.05, 4.69) is 42.0 Å². The monoisotopic (exact) mass is 327 g/mol. The molecule has 1 aromatic rings. The molecule has 3 nitrogen and oxygen atoms in total. The normalized spacial score (nSPS) is 12.9. The van der Waals surface area contributed by atoms with Crippen LogP contribution in [0.2, 0.25) is 0 Å². The van der Waals surface area contributed by atoms with Gasteiger partial charge in [-0.15, -0.1) is 0 Å². The Morgan fingerprint density at radius 3 is 2.53 bits per heavy atom. The van der Waals surface area contributed by atoms with Crippen molar-refractivity contribution in [2.75, 3.05) is 17.3 Å². The molecule has 0 fully saturated rings. The second-order valence-corrected chi connectivity index (χ2v) is 6.35. The summed E-state index contributed by atoms with van der Waals surface area (Å²) in [6.07, 6.45) is 0. The molecule has 1 unspecified atom stereocenters. The number of hydrogen-bond donors (Lipinski definition) is 1. The Hall–Kier alpha value is -1.03. The fourth-order valence-corrected chi connectivity index (χ4v) is 2.76. The molecule has 0 aliphatic rings. The molecule has 0 aliphatic carbocycles. The van der Waals surface area contributed by atoms with Gasteiger partial charge < -0.3 is 10.1 Å². The number of rotatable bonds is 5. The van der Waals surface area contributed by atoms with Crippen LogP contribution < -0.4 is 10.1 Å². The summed E-state index contributed by atoms with van der Waals surface area (Å²) < 4.78 is 5.87. The molecular formula is C15H22BrNO2. The van der Waals surface area contributed by atoms with Gasteiger partial charge in [-0.1, -0.05) is 48.8 Å². The van der Waals surface area contributed by atoms with Crippen LogP contribution in [0.25, 0.3) is 0 Å². The summed E-state index contributed by atoms with van der Waals surface area (Å²) >= 11 is 3.53. The first-order valence-electron chi connectivity index (χ1n) is 6.40. The number of alkyl halides is 1.